The molecule has 4 nitrogen and oxygen atoms in total. The van der Waals surface area contributed by atoms with E-state index in [0.29, 0.717) is 6.61 Å². The summed E-state index contributed by atoms with van der Waals surface area (Å²) in [6, 6.07) is 11.9. The second kappa shape index (κ2) is 15.2. The number of carbonyl (C=O) groups excluding carboxylic acids is 2. The Hall–Kier alpha value is -2.69. The Kier molecular flexibility index (Phi) is 12.1. The van der Waals surface area contributed by atoms with Crippen molar-refractivity contribution in [3.63, 3.8) is 0 Å². The molecule has 0 saturated heterocycles. The molecular weight excluding hydrogens is 407 g/mol. The highest BCUT2D eigenvalue weighted by atomic mass is 19.1. The van der Waals surface area contributed by atoms with Crippen LogP contribution in [0.3, 0.4) is 0 Å². The fourth-order valence-electron chi connectivity index (χ4n) is 3.53. The molecule has 174 valence electrons. The number of hydrogen-bond donors (Lipinski definition) is 0. The van der Waals surface area contributed by atoms with Gasteiger partial charge in [-0.2, -0.15) is 0 Å². The van der Waals surface area contributed by atoms with E-state index < -0.39 is 17.8 Å². The third kappa shape index (κ3) is 9.21. The van der Waals surface area contributed by atoms with Crippen LogP contribution in [0.4, 0.5) is 4.39 Å². The van der Waals surface area contributed by atoms with E-state index >= 15 is 0 Å². The molecule has 0 aliphatic heterocycles. The van der Waals surface area contributed by atoms with E-state index in [1.54, 1.807) is 18.2 Å². The van der Waals surface area contributed by atoms with E-state index in [9.17, 15) is 14.0 Å². The Labute approximate surface area is 191 Å². The SMILES string of the molecule is CCCCCCCCCCCCCOC(=O)c1ccccc1C(=O)Oc1ccccc1F. The highest BCUT2D eigenvalue weighted by Crippen LogP contribution is 2.19. The van der Waals surface area contributed by atoms with E-state index in [4.69, 9.17) is 9.47 Å². The lowest BCUT2D eigenvalue weighted by molar-refractivity contribution is 0.0489. The quantitative estimate of drug-likeness (QED) is 0.163. The van der Waals surface area contributed by atoms with E-state index in [0.717, 1.165) is 19.3 Å². The lowest BCUT2D eigenvalue weighted by atomic mass is 10.1. The van der Waals surface area contributed by atoms with Crippen LogP contribution in [0.5, 0.6) is 5.75 Å². The first-order valence-electron chi connectivity index (χ1n) is 11.9. The average Bonchev–Trinajstić information content (AvgIpc) is 2.81. The third-order valence-corrected chi connectivity index (χ3v) is 5.39. The van der Waals surface area contributed by atoms with Gasteiger partial charge in [-0.05, 0) is 30.7 Å². The summed E-state index contributed by atoms with van der Waals surface area (Å²) in [7, 11) is 0. The number of esters is 2. The van der Waals surface area contributed by atoms with Gasteiger partial charge in [-0.3, -0.25) is 0 Å². The Balaban J connectivity index is 1.68. The number of ether oxygens (including phenoxy) is 2. The van der Waals surface area contributed by atoms with Crippen LogP contribution >= 0.6 is 0 Å². The largest absolute Gasteiger partial charge is 0.462 e. The van der Waals surface area contributed by atoms with Crippen molar-refractivity contribution in [3.8, 4) is 5.75 Å². The van der Waals surface area contributed by atoms with Crippen molar-refractivity contribution >= 4 is 11.9 Å². The van der Waals surface area contributed by atoms with Crippen molar-refractivity contribution < 1.29 is 23.5 Å². The Morgan fingerprint density at radius 3 is 1.78 bits per heavy atom. The highest BCUT2D eigenvalue weighted by Gasteiger charge is 2.20. The summed E-state index contributed by atoms with van der Waals surface area (Å²) >= 11 is 0. The van der Waals surface area contributed by atoms with Crippen molar-refractivity contribution in [3.05, 3.63) is 65.5 Å². The number of unbranched alkanes of at least 4 members (excludes halogenated alkanes) is 10. The Bertz CT molecular complexity index is 834. The lowest BCUT2D eigenvalue weighted by Gasteiger charge is -2.10. The fourth-order valence-corrected chi connectivity index (χ4v) is 3.53. The summed E-state index contributed by atoms with van der Waals surface area (Å²) in [4.78, 5) is 24.9. The minimum Gasteiger partial charge on any atom is -0.462 e. The van der Waals surface area contributed by atoms with Crippen LogP contribution in [0.1, 0.15) is 98.3 Å². The standard InChI is InChI=1S/C27H35FO4/c1-2-3-4-5-6-7-8-9-10-11-16-21-31-26(29)22-17-12-13-18-23(22)27(30)32-25-20-15-14-19-24(25)28/h12-15,17-20H,2-11,16,21H2,1H3. The molecule has 5 heteroatoms. The summed E-state index contributed by atoms with van der Waals surface area (Å²) in [5.41, 5.74) is 0.177. The molecular formula is C27H35FO4. The normalized spacial score (nSPS) is 10.7. The molecule has 0 atom stereocenters. The molecule has 0 aromatic heterocycles. The van der Waals surface area contributed by atoms with Gasteiger partial charge in [-0.25, -0.2) is 14.0 Å². The number of halogens is 1. The Morgan fingerprint density at radius 2 is 1.19 bits per heavy atom. The molecule has 2 aromatic carbocycles. The fraction of sp³-hybridized carbons (Fsp3) is 0.481. The van der Waals surface area contributed by atoms with Gasteiger partial charge < -0.3 is 9.47 Å². The van der Waals surface area contributed by atoms with Crippen LogP contribution in [0.25, 0.3) is 0 Å². The van der Waals surface area contributed by atoms with Gasteiger partial charge in [0.05, 0.1) is 17.7 Å². The van der Waals surface area contributed by atoms with Crippen LogP contribution in [0.15, 0.2) is 48.5 Å². The average molecular weight is 443 g/mol. The first-order chi connectivity index (χ1) is 15.6. The van der Waals surface area contributed by atoms with Crippen LogP contribution in [-0.2, 0) is 4.74 Å². The second-order valence-electron chi connectivity index (χ2n) is 8.04. The molecule has 0 saturated carbocycles. The summed E-state index contributed by atoms with van der Waals surface area (Å²) in [6.45, 7) is 2.55. The number of benzene rings is 2. The van der Waals surface area contributed by atoms with Crippen molar-refractivity contribution in [1.82, 2.24) is 0 Å². The molecule has 0 aliphatic rings. The van der Waals surface area contributed by atoms with Crippen molar-refractivity contribution in [2.75, 3.05) is 6.61 Å². The Morgan fingerprint density at radius 1 is 0.688 bits per heavy atom. The monoisotopic (exact) mass is 442 g/mol. The van der Waals surface area contributed by atoms with E-state index in [2.05, 4.69) is 6.92 Å². The number of rotatable bonds is 15. The number of hydrogen-bond acceptors (Lipinski definition) is 4. The summed E-state index contributed by atoms with van der Waals surface area (Å²) in [5.74, 6) is -2.19. The van der Waals surface area contributed by atoms with Gasteiger partial charge in [0.2, 0.25) is 0 Å². The van der Waals surface area contributed by atoms with Crippen molar-refractivity contribution in [2.24, 2.45) is 0 Å². The predicted molar refractivity (Wildman–Crippen MR) is 125 cm³/mol. The predicted octanol–water partition coefficient (Wildman–Crippen LogP) is 7.51. The van der Waals surface area contributed by atoms with Crippen LogP contribution in [0.2, 0.25) is 0 Å². The molecule has 0 spiro atoms. The molecule has 0 radical (unpaired) electrons. The molecule has 0 aliphatic carbocycles. The first kappa shape index (κ1) is 25.6. The van der Waals surface area contributed by atoms with E-state index in [-0.39, 0.29) is 16.9 Å². The van der Waals surface area contributed by atoms with Crippen molar-refractivity contribution in [1.29, 1.82) is 0 Å². The van der Waals surface area contributed by atoms with Gasteiger partial charge in [0.25, 0.3) is 0 Å². The van der Waals surface area contributed by atoms with Crippen LogP contribution in [0, 0.1) is 5.82 Å². The van der Waals surface area contributed by atoms with Gasteiger partial charge in [-0.15, -0.1) is 0 Å². The van der Waals surface area contributed by atoms with Gasteiger partial charge >= 0.3 is 11.9 Å². The molecule has 0 N–H and O–H groups in total. The molecule has 0 bridgehead atoms. The molecule has 2 rings (SSSR count). The first-order valence-corrected chi connectivity index (χ1v) is 11.9. The zero-order chi connectivity index (χ0) is 23.0. The minimum absolute atomic E-state index is 0.0553. The third-order valence-electron chi connectivity index (χ3n) is 5.39. The highest BCUT2D eigenvalue weighted by molar-refractivity contribution is 6.03. The molecule has 2 aromatic rings. The van der Waals surface area contributed by atoms with Crippen LogP contribution in [-0.4, -0.2) is 18.5 Å². The number of para-hydroxylation sites is 1. The number of carbonyl (C=O) groups is 2. The van der Waals surface area contributed by atoms with Crippen LogP contribution < -0.4 is 4.74 Å². The maximum Gasteiger partial charge on any atom is 0.344 e. The molecule has 0 amide bonds. The second-order valence-corrected chi connectivity index (χ2v) is 8.04. The maximum atomic E-state index is 13.8. The molecule has 0 unspecified atom stereocenters. The lowest BCUT2D eigenvalue weighted by Crippen LogP contribution is -2.16. The zero-order valence-electron chi connectivity index (χ0n) is 19.1. The van der Waals surface area contributed by atoms with Gasteiger partial charge in [0.1, 0.15) is 0 Å². The summed E-state index contributed by atoms with van der Waals surface area (Å²) in [6.07, 6.45) is 13.4. The van der Waals surface area contributed by atoms with Gasteiger partial charge in [-0.1, -0.05) is 95.4 Å². The smallest absolute Gasteiger partial charge is 0.344 e. The van der Waals surface area contributed by atoms with Crippen molar-refractivity contribution in [2.45, 2.75) is 77.6 Å². The zero-order valence-corrected chi connectivity index (χ0v) is 19.1. The molecule has 0 heterocycles. The molecule has 0 fully saturated rings. The summed E-state index contributed by atoms with van der Waals surface area (Å²) < 4.78 is 24.2. The van der Waals surface area contributed by atoms with Gasteiger partial charge in [0.15, 0.2) is 11.6 Å². The maximum absolute atomic E-state index is 13.8. The minimum atomic E-state index is -0.794. The van der Waals surface area contributed by atoms with Gasteiger partial charge in [0, 0.05) is 0 Å². The summed E-state index contributed by atoms with van der Waals surface area (Å²) in [5, 5.41) is 0. The topological polar surface area (TPSA) is 52.6 Å². The van der Waals surface area contributed by atoms with E-state index in [1.165, 1.54) is 81.7 Å². The molecule has 32 heavy (non-hydrogen) atoms. The van der Waals surface area contributed by atoms with E-state index in [1.807, 2.05) is 0 Å².